The maximum atomic E-state index is 14.9. The van der Waals surface area contributed by atoms with Gasteiger partial charge in [-0.05, 0) is 43.0 Å². The van der Waals surface area contributed by atoms with Gasteiger partial charge in [-0.2, -0.15) is 20.0 Å². The third-order valence-corrected chi connectivity index (χ3v) is 6.03. The molecule has 2 atom stereocenters. The summed E-state index contributed by atoms with van der Waals surface area (Å²) in [6.07, 6.45) is 4.69. The number of hydrogen-bond donors (Lipinski definition) is 1. The van der Waals surface area contributed by atoms with E-state index in [0.717, 1.165) is 12.8 Å². The highest BCUT2D eigenvalue weighted by Crippen LogP contribution is 2.28. The van der Waals surface area contributed by atoms with Gasteiger partial charge in [-0.3, -0.25) is 4.79 Å². The van der Waals surface area contributed by atoms with Gasteiger partial charge in [-0.25, -0.2) is 8.78 Å². The fourth-order valence-electron chi connectivity index (χ4n) is 4.36. The molecule has 10 heteroatoms. The van der Waals surface area contributed by atoms with Gasteiger partial charge in [0.2, 0.25) is 0 Å². The number of amides is 1. The Morgan fingerprint density at radius 2 is 2.03 bits per heavy atom. The zero-order valence-corrected chi connectivity index (χ0v) is 17.9. The number of piperidine rings is 1. The van der Waals surface area contributed by atoms with Crippen molar-refractivity contribution in [2.24, 2.45) is 5.92 Å². The van der Waals surface area contributed by atoms with Crippen molar-refractivity contribution in [3.05, 3.63) is 66.0 Å². The highest BCUT2D eigenvalue weighted by molar-refractivity contribution is 5.98. The molecule has 2 aromatic carbocycles. The molecule has 33 heavy (non-hydrogen) atoms. The molecular formula is C23H22F2N6O2. The van der Waals surface area contributed by atoms with Gasteiger partial charge in [-0.1, -0.05) is 13.0 Å². The molecule has 3 heterocycles. The quantitative estimate of drug-likeness (QED) is 0.492. The summed E-state index contributed by atoms with van der Waals surface area (Å²) in [7, 11) is 0. The van der Waals surface area contributed by atoms with Crippen molar-refractivity contribution >= 4 is 23.0 Å². The number of nitrogens with zero attached hydrogens (tertiary/aromatic N) is 5. The monoisotopic (exact) mass is 452 g/mol. The maximum Gasteiger partial charge on any atom is 0.295 e. The van der Waals surface area contributed by atoms with Crippen LogP contribution in [-0.2, 0) is 0 Å². The third-order valence-electron chi connectivity index (χ3n) is 6.03. The number of oxazole rings is 1. The summed E-state index contributed by atoms with van der Waals surface area (Å²) < 4.78 is 34.0. The smallest absolute Gasteiger partial charge is 0.295 e. The number of rotatable bonds is 5. The van der Waals surface area contributed by atoms with Crippen molar-refractivity contribution in [2.75, 3.05) is 18.4 Å². The molecule has 1 N–H and O–H groups in total. The summed E-state index contributed by atoms with van der Waals surface area (Å²) in [5.41, 5.74) is 1.09. The molecule has 0 unspecified atom stereocenters. The topological polar surface area (TPSA) is 89.1 Å². The van der Waals surface area contributed by atoms with Crippen LogP contribution in [0.15, 0.2) is 53.2 Å². The minimum absolute atomic E-state index is 0.0647. The minimum atomic E-state index is -0.624. The number of hydrogen-bond acceptors (Lipinski definition) is 6. The van der Waals surface area contributed by atoms with Crippen LogP contribution in [0.2, 0.25) is 0 Å². The van der Waals surface area contributed by atoms with Crippen LogP contribution in [0, 0.1) is 17.6 Å². The molecule has 0 radical (unpaired) electrons. The number of nitrogens with one attached hydrogen (secondary N) is 1. The van der Waals surface area contributed by atoms with E-state index in [1.54, 1.807) is 11.0 Å². The lowest BCUT2D eigenvalue weighted by Gasteiger charge is -2.40. The number of carbonyl (C=O) groups is 1. The Bertz CT molecular complexity index is 1290. The Morgan fingerprint density at radius 3 is 2.85 bits per heavy atom. The van der Waals surface area contributed by atoms with Gasteiger partial charge in [-0.15, -0.1) is 0 Å². The molecule has 4 aromatic rings. The van der Waals surface area contributed by atoms with E-state index in [2.05, 4.69) is 27.4 Å². The molecule has 2 aromatic heterocycles. The molecule has 0 spiro atoms. The van der Waals surface area contributed by atoms with Crippen molar-refractivity contribution in [1.29, 1.82) is 0 Å². The standard InChI is InChI=1S/C23H22F2N6O2/c1-14-4-3-11-30(19(14)13-26-23-29-17-12-15(24)7-8-20(17)33-23)22(32)21-16(25)5-2-6-18(21)31-27-9-10-28-31/h2,5-10,12,14,19H,3-4,11,13H2,1H3,(H,26,29)/t14-,19-/m1/s1. The lowest BCUT2D eigenvalue weighted by Crippen LogP contribution is -2.51. The minimum Gasteiger partial charge on any atom is -0.424 e. The number of anilines is 1. The van der Waals surface area contributed by atoms with E-state index in [4.69, 9.17) is 4.42 Å². The van der Waals surface area contributed by atoms with E-state index in [1.807, 2.05) is 0 Å². The van der Waals surface area contributed by atoms with Crippen LogP contribution in [0.1, 0.15) is 30.1 Å². The fraction of sp³-hybridized carbons (Fsp3) is 0.304. The number of carbonyl (C=O) groups excluding carboxylic acids is 1. The van der Waals surface area contributed by atoms with E-state index in [9.17, 15) is 13.6 Å². The van der Waals surface area contributed by atoms with Crippen molar-refractivity contribution in [1.82, 2.24) is 24.9 Å². The lowest BCUT2D eigenvalue weighted by atomic mass is 9.90. The van der Waals surface area contributed by atoms with Gasteiger partial charge in [0.15, 0.2) is 5.58 Å². The molecule has 170 valence electrons. The van der Waals surface area contributed by atoms with E-state index in [-0.39, 0.29) is 29.2 Å². The second kappa shape index (κ2) is 8.61. The second-order valence-corrected chi connectivity index (χ2v) is 8.15. The number of fused-ring (bicyclic) bond motifs is 1. The van der Waals surface area contributed by atoms with Crippen LogP contribution >= 0.6 is 0 Å². The fourth-order valence-corrected chi connectivity index (χ4v) is 4.36. The third kappa shape index (κ3) is 4.04. The van der Waals surface area contributed by atoms with Gasteiger partial charge < -0.3 is 14.6 Å². The maximum absolute atomic E-state index is 14.9. The Labute approximate surface area is 188 Å². The summed E-state index contributed by atoms with van der Waals surface area (Å²) in [4.78, 5) is 20.8. The molecule has 0 aliphatic carbocycles. The summed E-state index contributed by atoms with van der Waals surface area (Å²) in [5, 5.41) is 11.3. The number of aromatic nitrogens is 4. The zero-order valence-electron chi connectivity index (χ0n) is 17.9. The summed E-state index contributed by atoms with van der Waals surface area (Å²) in [6.45, 7) is 2.91. The Hall–Kier alpha value is -3.82. The van der Waals surface area contributed by atoms with Crippen LogP contribution in [-0.4, -0.2) is 49.9 Å². The van der Waals surface area contributed by atoms with Crippen LogP contribution in [0.3, 0.4) is 0 Å². The van der Waals surface area contributed by atoms with Gasteiger partial charge in [0, 0.05) is 19.2 Å². The van der Waals surface area contributed by atoms with Gasteiger partial charge in [0.25, 0.3) is 11.9 Å². The average molecular weight is 452 g/mol. The van der Waals surface area contributed by atoms with Crippen LogP contribution in [0.4, 0.5) is 14.8 Å². The van der Waals surface area contributed by atoms with E-state index >= 15 is 0 Å². The molecule has 1 saturated heterocycles. The Morgan fingerprint density at radius 1 is 1.21 bits per heavy atom. The van der Waals surface area contributed by atoms with Gasteiger partial charge in [0.1, 0.15) is 28.4 Å². The van der Waals surface area contributed by atoms with Crippen LogP contribution in [0.25, 0.3) is 16.8 Å². The SMILES string of the molecule is C[C@@H]1CCCN(C(=O)c2c(F)cccc2-n2nccn2)[C@@H]1CNc1nc2cc(F)ccc2o1. The van der Waals surface area contributed by atoms with Crippen molar-refractivity contribution in [2.45, 2.75) is 25.8 Å². The predicted octanol–water partition coefficient (Wildman–Crippen LogP) is 4.04. The van der Waals surface area contributed by atoms with E-state index < -0.39 is 17.5 Å². The van der Waals surface area contributed by atoms with Crippen LogP contribution < -0.4 is 5.32 Å². The molecule has 1 aliphatic rings. The highest BCUT2D eigenvalue weighted by atomic mass is 19.1. The van der Waals surface area contributed by atoms with Crippen molar-refractivity contribution in [3.8, 4) is 5.69 Å². The first-order valence-electron chi connectivity index (χ1n) is 10.8. The molecule has 1 amide bonds. The second-order valence-electron chi connectivity index (χ2n) is 8.15. The van der Waals surface area contributed by atoms with E-state index in [0.29, 0.717) is 24.2 Å². The molecule has 1 fully saturated rings. The van der Waals surface area contributed by atoms with Crippen molar-refractivity contribution < 1.29 is 18.0 Å². The molecule has 0 saturated carbocycles. The molecule has 5 rings (SSSR count). The summed E-state index contributed by atoms with van der Waals surface area (Å²) in [6, 6.07) is 8.55. The van der Waals surface area contributed by atoms with Crippen molar-refractivity contribution in [3.63, 3.8) is 0 Å². The lowest BCUT2D eigenvalue weighted by molar-refractivity contribution is 0.0534. The molecule has 8 nitrogen and oxygen atoms in total. The first-order chi connectivity index (χ1) is 16.0. The largest absolute Gasteiger partial charge is 0.424 e. The zero-order chi connectivity index (χ0) is 22.9. The van der Waals surface area contributed by atoms with E-state index in [1.165, 1.54) is 47.5 Å². The summed E-state index contributed by atoms with van der Waals surface area (Å²) in [5.74, 6) is -1.28. The normalized spacial score (nSPS) is 18.6. The Balaban J connectivity index is 1.41. The number of halogens is 2. The number of likely N-dealkylation sites (tertiary alicyclic amines) is 1. The van der Waals surface area contributed by atoms with Crippen LogP contribution in [0.5, 0.6) is 0 Å². The Kier molecular flexibility index (Phi) is 5.49. The molecular weight excluding hydrogens is 430 g/mol. The van der Waals surface area contributed by atoms with Gasteiger partial charge in [0.05, 0.1) is 18.4 Å². The molecule has 1 aliphatic heterocycles. The first-order valence-corrected chi connectivity index (χ1v) is 10.8. The highest BCUT2D eigenvalue weighted by Gasteiger charge is 2.35. The number of benzene rings is 2. The molecule has 0 bridgehead atoms. The predicted molar refractivity (Wildman–Crippen MR) is 117 cm³/mol. The average Bonchev–Trinajstić information content (AvgIpc) is 3.47. The first kappa shape index (κ1) is 21.0. The summed E-state index contributed by atoms with van der Waals surface area (Å²) >= 11 is 0. The van der Waals surface area contributed by atoms with Gasteiger partial charge >= 0.3 is 0 Å².